The van der Waals surface area contributed by atoms with Crippen LogP contribution in [-0.4, -0.2) is 27.4 Å². The van der Waals surface area contributed by atoms with Gasteiger partial charge in [0.25, 0.3) is 0 Å². The van der Waals surface area contributed by atoms with E-state index in [9.17, 15) is 19.8 Å². The molecule has 3 saturated carbocycles. The number of carbonyl (C=O) groups is 2. The Hall–Kier alpha value is -1.42. The molecule has 0 amide bonds. The molecule has 4 rings (SSSR count). The van der Waals surface area contributed by atoms with Gasteiger partial charge in [-0.15, -0.1) is 0 Å². The van der Waals surface area contributed by atoms with Crippen molar-refractivity contribution in [3.8, 4) is 0 Å². The summed E-state index contributed by atoms with van der Waals surface area (Å²) in [5, 5.41) is 21.2. The third-order valence-electron chi connectivity index (χ3n) is 8.76. The summed E-state index contributed by atoms with van der Waals surface area (Å²) in [6.45, 7) is 7.80. The molecule has 142 valence electrons. The zero-order chi connectivity index (χ0) is 19.1. The first-order chi connectivity index (χ1) is 12.1. The maximum absolute atomic E-state index is 13.0. The van der Waals surface area contributed by atoms with Gasteiger partial charge in [-0.3, -0.25) is 9.59 Å². The minimum absolute atomic E-state index is 0.0116. The lowest BCUT2D eigenvalue weighted by molar-refractivity contribution is -0.162. The van der Waals surface area contributed by atoms with Gasteiger partial charge in [-0.1, -0.05) is 13.8 Å². The number of Topliss-reactive ketones (excluding diaryl/α,β-unsaturated/α-hetero) is 1. The predicted molar refractivity (Wildman–Crippen MR) is 98.4 cm³/mol. The predicted octanol–water partition coefficient (Wildman–Crippen LogP) is 3.75. The number of fused-ring (bicyclic) bond motifs is 5. The van der Waals surface area contributed by atoms with Gasteiger partial charge in [0.1, 0.15) is 11.4 Å². The summed E-state index contributed by atoms with van der Waals surface area (Å²) in [4.78, 5) is 25.3. The zero-order valence-electron chi connectivity index (χ0n) is 16.2. The van der Waals surface area contributed by atoms with E-state index < -0.39 is 16.4 Å². The molecule has 0 aromatic heterocycles. The van der Waals surface area contributed by atoms with Crippen LogP contribution < -0.4 is 0 Å². The molecule has 0 aromatic carbocycles. The van der Waals surface area contributed by atoms with Crippen molar-refractivity contribution in [2.75, 3.05) is 0 Å². The molecule has 4 nitrogen and oxygen atoms in total. The van der Waals surface area contributed by atoms with E-state index in [0.29, 0.717) is 12.3 Å². The summed E-state index contributed by atoms with van der Waals surface area (Å²) >= 11 is 0. The first-order valence-electron chi connectivity index (χ1n) is 9.96. The number of aliphatic hydroxyl groups excluding tert-OH is 1. The van der Waals surface area contributed by atoms with Crippen LogP contribution in [0.25, 0.3) is 0 Å². The van der Waals surface area contributed by atoms with E-state index in [1.807, 2.05) is 6.92 Å². The Bertz CT molecular complexity index is 749. The second-order valence-electron chi connectivity index (χ2n) is 9.66. The van der Waals surface area contributed by atoms with E-state index in [-0.39, 0.29) is 35.1 Å². The fourth-order valence-corrected chi connectivity index (χ4v) is 7.29. The minimum Gasteiger partial charge on any atom is -0.508 e. The van der Waals surface area contributed by atoms with Crippen molar-refractivity contribution in [1.29, 1.82) is 0 Å². The zero-order valence-corrected chi connectivity index (χ0v) is 16.2. The lowest BCUT2D eigenvalue weighted by Crippen LogP contribution is -2.58. The molecule has 0 radical (unpaired) electrons. The molecule has 4 heteroatoms. The van der Waals surface area contributed by atoms with E-state index >= 15 is 0 Å². The summed E-state index contributed by atoms with van der Waals surface area (Å²) in [6, 6.07) is 0. The molecule has 0 unspecified atom stereocenters. The maximum atomic E-state index is 13.0. The number of hydrogen-bond acceptors (Lipinski definition) is 4. The van der Waals surface area contributed by atoms with E-state index in [0.717, 1.165) is 31.3 Å². The molecule has 0 saturated heterocycles. The lowest BCUT2D eigenvalue weighted by atomic mass is 9.45. The van der Waals surface area contributed by atoms with Crippen molar-refractivity contribution < 1.29 is 19.8 Å². The molecule has 0 bridgehead atoms. The Balaban J connectivity index is 1.77. The van der Waals surface area contributed by atoms with Crippen molar-refractivity contribution in [2.24, 2.45) is 34.5 Å². The molecule has 4 aliphatic carbocycles. The second-order valence-corrected chi connectivity index (χ2v) is 9.66. The first kappa shape index (κ1) is 18.0. The van der Waals surface area contributed by atoms with Crippen LogP contribution in [0.4, 0.5) is 0 Å². The van der Waals surface area contributed by atoms with Crippen LogP contribution >= 0.6 is 0 Å². The van der Waals surface area contributed by atoms with Crippen molar-refractivity contribution in [3.05, 3.63) is 23.5 Å². The molecule has 7 atom stereocenters. The monoisotopic (exact) mass is 358 g/mol. The third kappa shape index (κ3) is 1.94. The van der Waals surface area contributed by atoms with Crippen LogP contribution in [0.2, 0.25) is 0 Å². The van der Waals surface area contributed by atoms with Crippen LogP contribution in [0.15, 0.2) is 23.5 Å². The highest BCUT2D eigenvalue weighted by Crippen LogP contribution is 2.67. The van der Waals surface area contributed by atoms with E-state index in [2.05, 4.69) is 13.8 Å². The standard InChI is InChI=1S/C22H30O4/c1-12-9-15-16-6-8-22(26,13(2)23)20(16,3)7-5-17(15)21(4)18(12)10-14(24)11-19(21)25/h10-12,15-17,24,26H,5-9H2,1-4H3/t12-,15-,16-,17-,20-,21+,22-/m0/s1. The number of carbonyl (C=O) groups excluding carboxylic acids is 2. The number of ketones is 2. The van der Waals surface area contributed by atoms with Crippen molar-refractivity contribution in [3.63, 3.8) is 0 Å². The van der Waals surface area contributed by atoms with Crippen molar-refractivity contribution in [1.82, 2.24) is 0 Å². The summed E-state index contributed by atoms with van der Waals surface area (Å²) in [5.74, 6) is 1.000. The van der Waals surface area contributed by atoms with Gasteiger partial charge in [0.2, 0.25) is 0 Å². The Morgan fingerprint density at radius 1 is 1.15 bits per heavy atom. The van der Waals surface area contributed by atoms with Gasteiger partial charge in [-0.2, -0.15) is 0 Å². The Morgan fingerprint density at radius 2 is 1.81 bits per heavy atom. The molecule has 0 aromatic rings. The SMILES string of the molecule is CC(=O)[C@@]1(O)CC[C@H]2[C@@H]3C[C@H](C)C4=CC(O)=CC(=O)[C@]4(C)[C@H]3CC[C@@]21C. The fraction of sp³-hybridized carbons (Fsp3) is 0.727. The topological polar surface area (TPSA) is 74.6 Å². The van der Waals surface area contributed by atoms with Crippen LogP contribution in [0, 0.1) is 34.5 Å². The maximum Gasteiger partial charge on any atom is 0.169 e. The van der Waals surface area contributed by atoms with E-state index in [1.54, 1.807) is 6.08 Å². The quantitative estimate of drug-likeness (QED) is 0.749. The van der Waals surface area contributed by atoms with Gasteiger partial charge in [0.05, 0.1) is 5.41 Å². The summed E-state index contributed by atoms with van der Waals surface area (Å²) < 4.78 is 0. The Labute approximate surface area is 155 Å². The molecule has 0 aliphatic heterocycles. The molecule has 2 N–H and O–H groups in total. The summed E-state index contributed by atoms with van der Waals surface area (Å²) in [5.41, 5.74) is -1.12. The molecule has 3 fully saturated rings. The number of allylic oxidation sites excluding steroid dienone is 3. The molecule has 0 spiro atoms. The van der Waals surface area contributed by atoms with Gasteiger partial charge in [-0.05, 0) is 81.3 Å². The molecule has 0 heterocycles. The first-order valence-corrected chi connectivity index (χ1v) is 9.96. The highest BCUT2D eigenvalue weighted by Gasteiger charge is 2.66. The fourth-order valence-electron chi connectivity index (χ4n) is 7.29. The van der Waals surface area contributed by atoms with E-state index in [1.165, 1.54) is 13.0 Å². The molecule has 4 aliphatic rings. The summed E-state index contributed by atoms with van der Waals surface area (Å²) in [6.07, 6.45) is 7.15. The van der Waals surface area contributed by atoms with Crippen molar-refractivity contribution in [2.45, 2.75) is 65.4 Å². The van der Waals surface area contributed by atoms with Crippen LogP contribution in [0.1, 0.15) is 59.8 Å². The average Bonchev–Trinajstić information content (AvgIpc) is 2.83. The van der Waals surface area contributed by atoms with Crippen LogP contribution in [-0.2, 0) is 9.59 Å². The minimum atomic E-state index is -1.22. The van der Waals surface area contributed by atoms with Gasteiger partial charge < -0.3 is 10.2 Å². The van der Waals surface area contributed by atoms with Gasteiger partial charge >= 0.3 is 0 Å². The third-order valence-corrected chi connectivity index (χ3v) is 8.76. The number of aliphatic hydroxyl groups is 2. The highest BCUT2D eigenvalue weighted by molar-refractivity contribution is 5.99. The molecular weight excluding hydrogens is 328 g/mol. The highest BCUT2D eigenvalue weighted by atomic mass is 16.3. The lowest BCUT2D eigenvalue weighted by Gasteiger charge is -2.59. The number of hydrogen-bond donors (Lipinski definition) is 2. The molecular formula is C22H30O4. The molecule has 26 heavy (non-hydrogen) atoms. The second kappa shape index (κ2) is 5.31. The largest absolute Gasteiger partial charge is 0.508 e. The summed E-state index contributed by atoms with van der Waals surface area (Å²) in [7, 11) is 0. The van der Waals surface area contributed by atoms with Gasteiger partial charge in [0.15, 0.2) is 11.6 Å². The normalized spacial score (nSPS) is 50.3. The Morgan fingerprint density at radius 3 is 2.46 bits per heavy atom. The Kier molecular flexibility index (Phi) is 3.67. The van der Waals surface area contributed by atoms with E-state index in [4.69, 9.17) is 0 Å². The van der Waals surface area contributed by atoms with Gasteiger partial charge in [0, 0.05) is 11.5 Å². The van der Waals surface area contributed by atoms with Crippen molar-refractivity contribution >= 4 is 11.6 Å². The average molecular weight is 358 g/mol. The van der Waals surface area contributed by atoms with Crippen LogP contribution in [0.5, 0.6) is 0 Å². The smallest absolute Gasteiger partial charge is 0.169 e. The van der Waals surface area contributed by atoms with Gasteiger partial charge in [-0.25, -0.2) is 0 Å². The van der Waals surface area contributed by atoms with Crippen LogP contribution in [0.3, 0.4) is 0 Å². The number of rotatable bonds is 1.